The Balaban J connectivity index is 1.44. The molecule has 5 heteroatoms. The lowest BCUT2D eigenvalue weighted by atomic mass is 9.84. The number of hydrogen-bond acceptors (Lipinski definition) is 3. The van der Waals surface area contributed by atoms with Crippen LogP contribution in [0.4, 0.5) is 0 Å². The van der Waals surface area contributed by atoms with E-state index in [9.17, 15) is 9.59 Å². The summed E-state index contributed by atoms with van der Waals surface area (Å²) in [6.07, 6.45) is 4.48. The molecule has 0 radical (unpaired) electrons. The molecule has 2 amide bonds. The number of aryl methyl sites for hydroxylation is 1. The van der Waals surface area contributed by atoms with E-state index in [2.05, 4.69) is 0 Å². The summed E-state index contributed by atoms with van der Waals surface area (Å²) in [5.41, 5.74) is 1.11. The predicted octanol–water partition coefficient (Wildman–Crippen LogP) is 2.10. The number of nitrogens with zero attached hydrogens (tertiary/aromatic N) is 2. The van der Waals surface area contributed by atoms with Crippen molar-refractivity contribution in [2.75, 3.05) is 33.3 Å². The van der Waals surface area contributed by atoms with Crippen molar-refractivity contribution in [2.45, 2.75) is 32.1 Å². The Kier molecular flexibility index (Phi) is 5.38. The van der Waals surface area contributed by atoms with E-state index >= 15 is 0 Å². The molecule has 5 nitrogen and oxygen atoms in total. The maximum absolute atomic E-state index is 12.4. The van der Waals surface area contributed by atoms with E-state index in [1.54, 1.807) is 7.11 Å². The Labute approximate surface area is 143 Å². The third-order valence-corrected chi connectivity index (χ3v) is 5.16. The van der Waals surface area contributed by atoms with E-state index in [1.165, 1.54) is 6.42 Å². The van der Waals surface area contributed by atoms with Crippen LogP contribution in [-0.4, -0.2) is 54.9 Å². The van der Waals surface area contributed by atoms with E-state index in [-0.39, 0.29) is 11.8 Å². The summed E-state index contributed by atoms with van der Waals surface area (Å²) >= 11 is 0. The summed E-state index contributed by atoms with van der Waals surface area (Å²) in [6, 6.07) is 7.85. The molecule has 0 N–H and O–H groups in total. The molecule has 1 saturated carbocycles. The van der Waals surface area contributed by atoms with Gasteiger partial charge in [0.1, 0.15) is 5.75 Å². The summed E-state index contributed by atoms with van der Waals surface area (Å²) in [5.74, 6) is 1.54. The highest BCUT2D eigenvalue weighted by atomic mass is 16.5. The van der Waals surface area contributed by atoms with Crippen LogP contribution in [0.25, 0.3) is 0 Å². The molecule has 1 aliphatic heterocycles. The van der Waals surface area contributed by atoms with Crippen LogP contribution in [0.5, 0.6) is 5.75 Å². The van der Waals surface area contributed by atoms with Gasteiger partial charge in [-0.05, 0) is 37.0 Å². The molecular formula is C19H26N2O3. The SMILES string of the molecule is COc1cccc(CCC(=O)N2CCN(C(=O)C3CCC3)CC2)c1. The van der Waals surface area contributed by atoms with E-state index in [0.29, 0.717) is 38.5 Å². The van der Waals surface area contributed by atoms with Gasteiger partial charge in [0.15, 0.2) is 0 Å². The number of carbonyl (C=O) groups excluding carboxylic acids is 2. The minimum Gasteiger partial charge on any atom is -0.497 e. The number of methoxy groups -OCH3 is 1. The summed E-state index contributed by atoms with van der Waals surface area (Å²) in [4.78, 5) is 28.5. The Hall–Kier alpha value is -2.04. The fraction of sp³-hybridized carbons (Fsp3) is 0.579. The Morgan fingerprint density at radius 1 is 1.12 bits per heavy atom. The van der Waals surface area contributed by atoms with Gasteiger partial charge in [0.05, 0.1) is 7.11 Å². The molecule has 1 saturated heterocycles. The highest BCUT2D eigenvalue weighted by Crippen LogP contribution is 2.28. The topological polar surface area (TPSA) is 49.9 Å². The quantitative estimate of drug-likeness (QED) is 0.831. The van der Waals surface area contributed by atoms with Gasteiger partial charge in [-0.15, -0.1) is 0 Å². The van der Waals surface area contributed by atoms with Crippen molar-refractivity contribution >= 4 is 11.8 Å². The smallest absolute Gasteiger partial charge is 0.225 e. The van der Waals surface area contributed by atoms with Gasteiger partial charge in [-0.3, -0.25) is 9.59 Å². The highest BCUT2D eigenvalue weighted by Gasteiger charge is 2.31. The van der Waals surface area contributed by atoms with Crippen LogP contribution in [0, 0.1) is 5.92 Å². The van der Waals surface area contributed by atoms with Gasteiger partial charge >= 0.3 is 0 Å². The minimum atomic E-state index is 0.175. The fourth-order valence-corrected chi connectivity index (χ4v) is 3.33. The maximum Gasteiger partial charge on any atom is 0.225 e. The first-order chi connectivity index (χ1) is 11.7. The van der Waals surface area contributed by atoms with Crippen molar-refractivity contribution in [3.05, 3.63) is 29.8 Å². The summed E-state index contributed by atoms with van der Waals surface area (Å²) in [6.45, 7) is 2.69. The van der Waals surface area contributed by atoms with Crippen molar-refractivity contribution in [3.8, 4) is 5.75 Å². The molecule has 0 unspecified atom stereocenters. The lowest BCUT2D eigenvalue weighted by Crippen LogP contribution is -2.52. The van der Waals surface area contributed by atoms with Crippen LogP contribution in [0.15, 0.2) is 24.3 Å². The van der Waals surface area contributed by atoms with E-state index < -0.39 is 0 Å². The normalized spacial score (nSPS) is 18.2. The fourth-order valence-electron chi connectivity index (χ4n) is 3.33. The number of rotatable bonds is 5. The zero-order chi connectivity index (χ0) is 16.9. The Bertz CT molecular complexity index is 590. The standard InChI is InChI=1S/C19H26N2O3/c1-24-17-7-2-4-15(14-17)8-9-18(22)20-10-12-21(13-11-20)19(23)16-5-3-6-16/h2,4,7,14,16H,3,5-6,8-13H2,1H3. The van der Waals surface area contributed by atoms with Crippen LogP contribution in [0.2, 0.25) is 0 Å². The van der Waals surface area contributed by atoms with Gasteiger partial charge in [0, 0.05) is 38.5 Å². The van der Waals surface area contributed by atoms with Crippen molar-refractivity contribution < 1.29 is 14.3 Å². The molecule has 0 atom stereocenters. The molecule has 0 bridgehead atoms. The number of piperazine rings is 1. The summed E-state index contributed by atoms with van der Waals surface area (Å²) < 4.78 is 5.21. The largest absolute Gasteiger partial charge is 0.497 e. The van der Waals surface area contributed by atoms with E-state index in [1.807, 2.05) is 34.1 Å². The predicted molar refractivity (Wildman–Crippen MR) is 91.8 cm³/mol. The van der Waals surface area contributed by atoms with E-state index in [0.717, 1.165) is 30.6 Å². The molecule has 1 heterocycles. The van der Waals surface area contributed by atoms with Gasteiger partial charge in [-0.1, -0.05) is 18.6 Å². The molecule has 24 heavy (non-hydrogen) atoms. The summed E-state index contributed by atoms with van der Waals surface area (Å²) in [5, 5.41) is 0. The zero-order valence-electron chi connectivity index (χ0n) is 14.4. The van der Waals surface area contributed by atoms with Crippen molar-refractivity contribution in [1.82, 2.24) is 9.80 Å². The van der Waals surface area contributed by atoms with Crippen molar-refractivity contribution in [1.29, 1.82) is 0 Å². The minimum absolute atomic E-state index is 0.175. The Morgan fingerprint density at radius 3 is 2.46 bits per heavy atom. The zero-order valence-corrected chi connectivity index (χ0v) is 14.4. The van der Waals surface area contributed by atoms with Crippen LogP contribution in [0.1, 0.15) is 31.2 Å². The van der Waals surface area contributed by atoms with Gasteiger partial charge in [0.25, 0.3) is 0 Å². The number of amides is 2. The first kappa shape index (κ1) is 16.8. The highest BCUT2D eigenvalue weighted by molar-refractivity contribution is 5.80. The van der Waals surface area contributed by atoms with Crippen LogP contribution in [0.3, 0.4) is 0 Å². The van der Waals surface area contributed by atoms with E-state index in [4.69, 9.17) is 4.74 Å². The number of carbonyl (C=O) groups is 2. The lowest BCUT2D eigenvalue weighted by Gasteiger charge is -2.38. The Morgan fingerprint density at radius 2 is 1.83 bits per heavy atom. The molecule has 0 spiro atoms. The average Bonchev–Trinajstić information content (AvgIpc) is 2.58. The first-order valence-corrected chi connectivity index (χ1v) is 8.87. The van der Waals surface area contributed by atoms with Crippen LogP contribution < -0.4 is 4.74 Å². The van der Waals surface area contributed by atoms with Gasteiger partial charge in [-0.25, -0.2) is 0 Å². The van der Waals surface area contributed by atoms with Crippen LogP contribution >= 0.6 is 0 Å². The van der Waals surface area contributed by atoms with Gasteiger partial charge in [-0.2, -0.15) is 0 Å². The number of benzene rings is 1. The second-order valence-electron chi connectivity index (χ2n) is 6.69. The van der Waals surface area contributed by atoms with Gasteiger partial charge < -0.3 is 14.5 Å². The number of ether oxygens (including phenoxy) is 1. The number of hydrogen-bond donors (Lipinski definition) is 0. The maximum atomic E-state index is 12.4. The molecule has 2 fully saturated rings. The second-order valence-corrected chi connectivity index (χ2v) is 6.69. The second kappa shape index (κ2) is 7.69. The first-order valence-electron chi connectivity index (χ1n) is 8.87. The van der Waals surface area contributed by atoms with Crippen LogP contribution in [-0.2, 0) is 16.0 Å². The molecule has 1 aromatic carbocycles. The molecule has 130 valence electrons. The van der Waals surface area contributed by atoms with Crippen molar-refractivity contribution in [3.63, 3.8) is 0 Å². The molecule has 2 aliphatic rings. The van der Waals surface area contributed by atoms with Crippen molar-refractivity contribution in [2.24, 2.45) is 5.92 Å². The summed E-state index contributed by atoms with van der Waals surface area (Å²) in [7, 11) is 1.65. The third-order valence-electron chi connectivity index (χ3n) is 5.16. The molecule has 0 aromatic heterocycles. The molecule has 1 aromatic rings. The average molecular weight is 330 g/mol. The monoisotopic (exact) mass is 330 g/mol. The molecule has 1 aliphatic carbocycles. The lowest BCUT2D eigenvalue weighted by molar-refractivity contribution is -0.144. The van der Waals surface area contributed by atoms with Gasteiger partial charge in [0.2, 0.25) is 11.8 Å². The molecule has 3 rings (SSSR count). The molecular weight excluding hydrogens is 304 g/mol. The third kappa shape index (κ3) is 3.89.